The first-order valence-corrected chi connectivity index (χ1v) is 7.91. The number of fused-ring (bicyclic) bond motifs is 3. The zero-order valence-corrected chi connectivity index (χ0v) is 12.6. The highest BCUT2D eigenvalue weighted by atomic mass is 16.5. The zero-order valence-electron chi connectivity index (χ0n) is 12.6. The second-order valence-electron chi connectivity index (χ2n) is 6.16. The molecule has 1 saturated heterocycles. The summed E-state index contributed by atoms with van der Waals surface area (Å²) in [7, 11) is 0. The van der Waals surface area contributed by atoms with Crippen LogP contribution in [-0.2, 0) is 5.41 Å². The molecule has 1 aromatic rings. The van der Waals surface area contributed by atoms with Gasteiger partial charge in [0.1, 0.15) is 18.1 Å². The Morgan fingerprint density at radius 2 is 2.25 bits per heavy atom. The summed E-state index contributed by atoms with van der Waals surface area (Å²) in [5.74, 6) is 1.33. The van der Waals surface area contributed by atoms with Gasteiger partial charge >= 0.3 is 0 Å². The van der Waals surface area contributed by atoms with E-state index in [0.717, 1.165) is 25.3 Å². The standard InChI is InChI=1S/C17H25NO2/c1-3-9-18-10-5-8-17(4-2)14-11-13(19)6-7-15(14)20-12-16(17)18/h6-7,11,16,19H,3-5,8-10,12H2,1-2H3/t16-,17-/m1/s1. The van der Waals surface area contributed by atoms with Crippen LogP contribution < -0.4 is 4.74 Å². The summed E-state index contributed by atoms with van der Waals surface area (Å²) >= 11 is 0. The largest absolute Gasteiger partial charge is 0.508 e. The maximum Gasteiger partial charge on any atom is 0.123 e. The topological polar surface area (TPSA) is 32.7 Å². The van der Waals surface area contributed by atoms with Crippen molar-refractivity contribution >= 4 is 0 Å². The fourth-order valence-electron chi connectivity index (χ4n) is 4.21. The number of phenolic OH excluding ortho intramolecular Hbond substituents is 1. The van der Waals surface area contributed by atoms with Gasteiger partial charge in [0.25, 0.3) is 0 Å². The molecule has 20 heavy (non-hydrogen) atoms. The first-order valence-electron chi connectivity index (χ1n) is 7.91. The van der Waals surface area contributed by atoms with Crippen molar-refractivity contribution in [2.45, 2.75) is 51.0 Å². The van der Waals surface area contributed by atoms with Crippen molar-refractivity contribution < 1.29 is 9.84 Å². The van der Waals surface area contributed by atoms with Crippen molar-refractivity contribution in [1.82, 2.24) is 4.90 Å². The molecule has 0 aromatic heterocycles. The number of phenols is 1. The Kier molecular flexibility index (Phi) is 3.63. The van der Waals surface area contributed by atoms with Crippen LogP contribution in [0.25, 0.3) is 0 Å². The van der Waals surface area contributed by atoms with Crippen LogP contribution in [0.4, 0.5) is 0 Å². The minimum absolute atomic E-state index is 0.153. The van der Waals surface area contributed by atoms with E-state index in [2.05, 4.69) is 18.7 Å². The van der Waals surface area contributed by atoms with Gasteiger partial charge in [-0.05, 0) is 57.0 Å². The molecule has 2 atom stereocenters. The highest BCUT2D eigenvalue weighted by Crippen LogP contribution is 2.49. The number of rotatable bonds is 3. The van der Waals surface area contributed by atoms with Crippen LogP contribution in [-0.4, -0.2) is 35.7 Å². The molecule has 3 rings (SSSR count). The minimum atomic E-state index is 0.153. The van der Waals surface area contributed by atoms with Crippen LogP contribution in [0.2, 0.25) is 0 Å². The van der Waals surface area contributed by atoms with Crippen LogP contribution in [0.15, 0.2) is 18.2 Å². The smallest absolute Gasteiger partial charge is 0.123 e. The number of nitrogens with zero attached hydrogens (tertiary/aromatic N) is 1. The number of hydrogen-bond acceptors (Lipinski definition) is 3. The lowest BCUT2D eigenvalue weighted by atomic mass is 9.65. The third-order valence-electron chi connectivity index (χ3n) is 5.18. The van der Waals surface area contributed by atoms with Gasteiger partial charge < -0.3 is 9.84 Å². The summed E-state index contributed by atoms with van der Waals surface area (Å²) in [6, 6.07) is 6.04. The minimum Gasteiger partial charge on any atom is -0.508 e. The molecular formula is C17H25NO2. The second kappa shape index (κ2) is 5.28. The average Bonchev–Trinajstić information content (AvgIpc) is 2.47. The summed E-state index contributed by atoms with van der Waals surface area (Å²) in [5, 5.41) is 9.89. The predicted octanol–water partition coefficient (Wildman–Crippen LogP) is 3.31. The van der Waals surface area contributed by atoms with Gasteiger partial charge in [-0.15, -0.1) is 0 Å². The molecule has 0 radical (unpaired) electrons. The van der Waals surface area contributed by atoms with Crippen molar-refractivity contribution in [3.63, 3.8) is 0 Å². The maximum atomic E-state index is 9.89. The van der Waals surface area contributed by atoms with Crippen LogP contribution in [0.5, 0.6) is 11.5 Å². The number of hydrogen-bond donors (Lipinski definition) is 1. The lowest BCUT2D eigenvalue weighted by Crippen LogP contribution is -2.59. The molecule has 1 aromatic carbocycles. The van der Waals surface area contributed by atoms with E-state index in [9.17, 15) is 5.11 Å². The lowest BCUT2D eigenvalue weighted by Gasteiger charge is -2.53. The van der Waals surface area contributed by atoms with Gasteiger partial charge in [-0.1, -0.05) is 13.8 Å². The Labute approximate surface area is 121 Å². The average molecular weight is 275 g/mol. The van der Waals surface area contributed by atoms with Gasteiger partial charge in [0.2, 0.25) is 0 Å². The molecule has 0 saturated carbocycles. The molecule has 0 spiro atoms. The summed E-state index contributed by atoms with van der Waals surface area (Å²) in [5.41, 5.74) is 1.37. The zero-order chi connectivity index (χ0) is 14.2. The highest BCUT2D eigenvalue weighted by molar-refractivity contribution is 5.47. The normalized spacial score (nSPS) is 29.4. The Hall–Kier alpha value is -1.22. The molecule has 1 N–H and O–H groups in total. The summed E-state index contributed by atoms with van der Waals surface area (Å²) in [4.78, 5) is 2.60. The van der Waals surface area contributed by atoms with Gasteiger partial charge in [0, 0.05) is 11.0 Å². The number of benzene rings is 1. The number of aromatic hydroxyl groups is 1. The molecule has 2 aliphatic rings. The molecule has 1 fully saturated rings. The van der Waals surface area contributed by atoms with Crippen molar-refractivity contribution in [3.05, 3.63) is 23.8 Å². The lowest BCUT2D eigenvalue weighted by molar-refractivity contribution is 0.0117. The van der Waals surface area contributed by atoms with E-state index in [4.69, 9.17) is 4.74 Å². The van der Waals surface area contributed by atoms with E-state index in [1.54, 1.807) is 6.07 Å². The molecule has 110 valence electrons. The van der Waals surface area contributed by atoms with Crippen LogP contribution in [0.1, 0.15) is 45.1 Å². The van der Waals surface area contributed by atoms with Crippen molar-refractivity contribution in [2.24, 2.45) is 0 Å². The van der Waals surface area contributed by atoms with Gasteiger partial charge in [0.05, 0.1) is 6.04 Å². The summed E-state index contributed by atoms with van der Waals surface area (Å²) in [6.45, 7) is 7.63. The molecular weight excluding hydrogens is 250 g/mol. The van der Waals surface area contributed by atoms with E-state index < -0.39 is 0 Å². The predicted molar refractivity (Wildman–Crippen MR) is 80.5 cm³/mol. The molecule has 2 heterocycles. The molecule has 2 aliphatic heterocycles. The monoisotopic (exact) mass is 275 g/mol. The van der Waals surface area contributed by atoms with Gasteiger partial charge in [-0.25, -0.2) is 0 Å². The SMILES string of the molecule is CCCN1CCC[C@]2(CC)c3cc(O)ccc3OC[C@@H]12. The fourth-order valence-corrected chi connectivity index (χ4v) is 4.21. The molecule has 0 aliphatic carbocycles. The molecule has 0 unspecified atom stereocenters. The van der Waals surface area contributed by atoms with Crippen molar-refractivity contribution in [3.8, 4) is 11.5 Å². The molecule has 3 heteroatoms. The Balaban J connectivity index is 2.05. The fraction of sp³-hybridized carbons (Fsp3) is 0.647. The van der Waals surface area contributed by atoms with E-state index >= 15 is 0 Å². The summed E-state index contributed by atoms with van der Waals surface area (Å²) in [6.07, 6.45) is 4.73. The number of piperidine rings is 1. The first kappa shape index (κ1) is 13.7. The summed E-state index contributed by atoms with van der Waals surface area (Å²) < 4.78 is 6.00. The van der Waals surface area contributed by atoms with E-state index in [0.29, 0.717) is 11.8 Å². The molecule has 3 nitrogen and oxygen atoms in total. The first-order chi connectivity index (χ1) is 9.71. The Morgan fingerprint density at radius 1 is 1.40 bits per heavy atom. The maximum absolute atomic E-state index is 9.89. The quantitative estimate of drug-likeness (QED) is 0.918. The van der Waals surface area contributed by atoms with Crippen molar-refractivity contribution in [1.29, 1.82) is 0 Å². The van der Waals surface area contributed by atoms with E-state index in [1.807, 2.05) is 12.1 Å². The second-order valence-corrected chi connectivity index (χ2v) is 6.16. The van der Waals surface area contributed by atoms with Gasteiger partial charge in [-0.2, -0.15) is 0 Å². The number of likely N-dealkylation sites (tertiary alicyclic amines) is 1. The van der Waals surface area contributed by atoms with Gasteiger partial charge in [-0.3, -0.25) is 4.90 Å². The van der Waals surface area contributed by atoms with E-state index in [-0.39, 0.29) is 5.41 Å². The van der Waals surface area contributed by atoms with E-state index in [1.165, 1.54) is 31.4 Å². The Morgan fingerprint density at radius 3 is 3.00 bits per heavy atom. The third-order valence-corrected chi connectivity index (χ3v) is 5.18. The molecule has 0 bridgehead atoms. The highest BCUT2D eigenvalue weighted by Gasteiger charge is 2.48. The van der Waals surface area contributed by atoms with Crippen LogP contribution in [0.3, 0.4) is 0 Å². The van der Waals surface area contributed by atoms with Crippen molar-refractivity contribution in [2.75, 3.05) is 19.7 Å². The van der Waals surface area contributed by atoms with Crippen LogP contribution in [0, 0.1) is 0 Å². The molecule has 0 amide bonds. The Bertz CT molecular complexity index is 486. The van der Waals surface area contributed by atoms with Gasteiger partial charge in [0.15, 0.2) is 0 Å². The third kappa shape index (κ3) is 1.99. The van der Waals surface area contributed by atoms with Crippen LogP contribution >= 0.6 is 0 Å². The number of ether oxygens (including phenoxy) is 1.